The Morgan fingerprint density at radius 2 is 1.73 bits per heavy atom. The van der Waals surface area contributed by atoms with Crippen LogP contribution >= 0.6 is 0 Å². The summed E-state index contributed by atoms with van der Waals surface area (Å²) in [4.78, 5) is 25.3. The Hall–Kier alpha value is -1.40. The quantitative estimate of drug-likeness (QED) is 0.287. The Morgan fingerprint density at radius 1 is 1.23 bits per heavy atom. The molecule has 1 fully saturated rings. The van der Waals surface area contributed by atoms with Gasteiger partial charge in [-0.3, -0.25) is 9.59 Å². The van der Waals surface area contributed by atoms with Crippen LogP contribution in [0.3, 0.4) is 0 Å². The Kier molecular flexibility index (Phi) is 7.04. The largest absolute Gasteiger partial charge is 0.468 e. The normalized spacial score (nSPS) is 22.8. The molecule has 148 valence electrons. The van der Waals surface area contributed by atoms with Gasteiger partial charge in [-0.25, -0.2) is 0 Å². The maximum atomic E-state index is 12.6. The van der Waals surface area contributed by atoms with Crippen LogP contribution in [0.2, 0.25) is 18.1 Å². The van der Waals surface area contributed by atoms with Gasteiger partial charge in [0.2, 0.25) is 0 Å². The van der Waals surface area contributed by atoms with Crippen molar-refractivity contribution in [1.82, 2.24) is 0 Å². The molecule has 0 aromatic rings. The Bertz CT molecular complexity index is 557. The molecule has 0 aliphatic heterocycles. The van der Waals surface area contributed by atoms with E-state index in [0.29, 0.717) is 13.0 Å². The maximum Gasteiger partial charge on any atom is 0.323 e. The number of carbonyl (C=O) groups is 2. The van der Waals surface area contributed by atoms with Gasteiger partial charge in [-0.1, -0.05) is 39.0 Å². The molecule has 0 spiro atoms. The zero-order valence-corrected chi connectivity index (χ0v) is 18.3. The number of rotatable bonds is 7. The molecule has 1 saturated carbocycles. The van der Waals surface area contributed by atoms with Crippen LogP contribution in [0, 0.1) is 17.3 Å². The minimum atomic E-state index is -1.92. The van der Waals surface area contributed by atoms with Crippen LogP contribution in [-0.2, 0) is 23.5 Å². The standard InChI is InChI=1S/C20H34O5Si/c1-10-15-13-20(17(21)23-6,18(22)24-7)16(14(15)2)11-12-25-26(8,9)19(3,4)5/h10,15-16H,1-2,11-13H2,3-9H3/t15-,16-/m0/s1. The first-order chi connectivity index (χ1) is 11.9. The number of carbonyl (C=O) groups excluding carboxylic acids is 2. The summed E-state index contributed by atoms with van der Waals surface area (Å²) in [7, 11) is 0.660. The lowest BCUT2D eigenvalue weighted by Crippen LogP contribution is -2.46. The van der Waals surface area contributed by atoms with Crippen molar-refractivity contribution in [2.24, 2.45) is 17.3 Å². The topological polar surface area (TPSA) is 61.8 Å². The summed E-state index contributed by atoms with van der Waals surface area (Å²) in [6.07, 6.45) is 2.52. The fraction of sp³-hybridized carbons (Fsp3) is 0.700. The highest BCUT2D eigenvalue weighted by molar-refractivity contribution is 6.74. The van der Waals surface area contributed by atoms with Crippen molar-refractivity contribution < 1.29 is 23.5 Å². The summed E-state index contributed by atoms with van der Waals surface area (Å²) in [5.74, 6) is -1.68. The number of hydrogen-bond donors (Lipinski definition) is 0. The Morgan fingerprint density at radius 3 is 2.12 bits per heavy atom. The highest BCUT2D eigenvalue weighted by atomic mass is 28.4. The molecule has 0 aromatic carbocycles. The van der Waals surface area contributed by atoms with E-state index < -0.39 is 31.6 Å². The van der Waals surface area contributed by atoms with Crippen molar-refractivity contribution in [3.05, 3.63) is 24.8 Å². The molecule has 0 heterocycles. The first kappa shape index (κ1) is 22.6. The second-order valence-electron chi connectivity index (χ2n) is 8.53. The van der Waals surface area contributed by atoms with Gasteiger partial charge in [0.05, 0.1) is 14.2 Å². The van der Waals surface area contributed by atoms with E-state index in [4.69, 9.17) is 13.9 Å². The van der Waals surface area contributed by atoms with Crippen molar-refractivity contribution in [3.8, 4) is 0 Å². The number of ether oxygens (including phenoxy) is 2. The minimum absolute atomic E-state index is 0.0884. The molecule has 1 aliphatic carbocycles. The molecule has 2 atom stereocenters. The van der Waals surface area contributed by atoms with Crippen LogP contribution in [0.1, 0.15) is 33.6 Å². The number of allylic oxidation sites excluding steroid dienone is 2. The van der Waals surface area contributed by atoms with E-state index in [0.717, 1.165) is 5.57 Å². The van der Waals surface area contributed by atoms with Gasteiger partial charge in [0.1, 0.15) is 0 Å². The van der Waals surface area contributed by atoms with Crippen molar-refractivity contribution in [1.29, 1.82) is 0 Å². The van der Waals surface area contributed by atoms with Gasteiger partial charge < -0.3 is 13.9 Å². The lowest BCUT2D eigenvalue weighted by Gasteiger charge is -2.37. The van der Waals surface area contributed by atoms with Crippen LogP contribution in [-0.4, -0.2) is 41.1 Å². The number of hydrogen-bond acceptors (Lipinski definition) is 5. The summed E-state index contributed by atoms with van der Waals surface area (Å²) in [6.45, 7) is 19.3. The van der Waals surface area contributed by atoms with Gasteiger partial charge in [0, 0.05) is 12.5 Å². The van der Waals surface area contributed by atoms with Crippen LogP contribution < -0.4 is 0 Å². The van der Waals surface area contributed by atoms with E-state index in [1.807, 2.05) is 0 Å². The molecule has 0 radical (unpaired) electrons. The predicted octanol–water partition coefficient (Wildman–Crippen LogP) is 4.11. The number of esters is 2. The van der Waals surface area contributed by atoms with Gasteiger partial charge in [0.25, 0.3) is 0 Å². The Labute approximate surface area is 158 Å². The lowest BCUT2D eigenvalue weighted by atomic mass is 9.75. The average molecular weight is 383 g/mol. The lowest BCUT2D eigenvalue weighted by molar-refractivity contribution is -0.172. The predicted molar refractivity (Wildman–Crippen MR) is 105 cm³/mol. The smallest absolute Gasteiger partial charge is 0.323 e. The highest BCUT2D eigenvalue weighted by Crippen LogP contribution is 2.53. The van der Waals surface area contributed by atoms with Gasteiger partial charge in [-0.2, -0.15) is 0 Å². The molecule has 6 heteroatoms. The van der Waals surface area contributed by atoms with E-state index in [1.165, 1.54) is 14.2 Å². The minimum Gasteiger partial charge on any atom is -0.468 e. The van der Waals surface area contributed by atoms with E-state index in [1.54, 1.807) is 6.08 Å². The fourth-order valence-electron chi connectivity index (χ4n) is 3.41. The zero-order chi connectivity index (χ0) is 20.3. The molecular formula is C20H34O5Si. The molecule has 0 bridgehead atoms. The molecular weight excluding hydrogens is 348 g/mol. The molecule has 0 aromatic heterocycles. The molecule has 0 amide bonds. The van der Waals surface area contributed by atoms with E-state index in [2.05, 4.69) is 47.0 Å². The SMILES string of the molecule is C=C[C@H]1CC(C(=O)OC)(C(=O)OC)[C@@H](CCO[Si](C)(C)C(C)(C)C)C1=C. The fourth-order valence-corrected chi connectivity index (χ4v) is 4.47. The van der Waals surface area contributed by atoms with E-state index >= 15 is 0 Å². The third-order valence-corrected chi connectivity index (χ3v) is 10.7. The Balaban J connectivity index is 3.13. The molecule has 1 rings (SSSR count). The summed E-state index contributed by atoms with van der Waals surface area (Å²) < 4.78 is 16.2. The van der Waals surface area contributed by atoms with Gasteiger partial charge in [-0.05, 0) is 36.9 Å². The van der Waals surface area contributed by atoms with Gasteiger partial charge >= 0.3 is 11.9 Å². The number of methoxy groups -OCH3 is 2. The van der Waals surface area contributed by atoms with Crippen molar-refractivity contribution >= 4 is 20.3 Å². The van der Waals surface area contributed by atoms with Crippen molar-refractivity contribution in [3.63, 3.8) is 0 Å². The van der Waals surface area contributed by atoms with E-state index in [-0.39, 0.29) is 17.4 Å². The first-order valence-corrected chi connectivity index (χ1v) is 11.9. The molecule has 1 aliphatic rings. The average Bonchev–Trinajstić information content (AvgIpc) is 2.85. The van der Waals surface area contributed by atoms with E-state index in [9.17, 15) is 9.59 Å². The second-order valence-corrected chi connectivity index (χ2v) is 13.3. The van der Waals surface area contributed by atoms with Crippen molar-refractivity contribution in [2.45, 2.75) is 51.7 Å². The molecule has 26 heavy (non-hydrogen) atoms. The van der Waals surface area contributed by atoms with Gasteiger partial charge in [-0.15, -0.1) is 6.58 Å². The van der Waals surface area contributed by atoms with Crippen LogP contribution in [0.4, 0.5) is 0 Å². The van der Waals surface area contributed by atoms with Gasteiger partial charge in [0.15, 0.2) is 13.7 Å². The maximum absolute atomic E-state index is 12.6. The third kappa shape index (κ3) is 3.96. The summed E-state index contributed by atoms with van der Waals surface area (Å²) in [6, 6.07) is 0. The molecule has 0 N–H and O–H groups in total. The van der Waals surface area contributed by atoms with Crippen LogP contribution in [0.15, 0.2) is 24.8 Å². The third-order valence-electron chi connectivity index (χ3n) is 6.12. The molecule has 5 nitrogen and oxygen atoms in total. The zero-order valence-electron chi connectivity index (χ0n) is 17.3. The second kappa shape index (κ2) is 8.09. The van der Waals surface area contributed by atoms with Crippen LogP contribution in [0.5, 0.6) is 0 Å². The molecule has 0 unspecified atom stereocenters. The monoisotopic (exact) mass is 382 g/mol. The van der Waals surface area contributed by atoms with Crippen LogP contribution in [0.25, 0.3) is 0 Å². The highest BCUT2D eigenvalue weighted by Gasteiger charge is 2.60. The summed E-state index contributed by atoms with van der Waals surface area (Å²) in [5.41, 5.74) is -0.564. The summed E-state index contributed by atoms with van der Waals surface area (Å²) >= 11 is 0. The molecule has 0 saturated heterocycles. The van der Waals surface area contributed by atoms with Crippen molar-refractivity contribution in [2.75, 3.05) is 20.8 Å². The summed E-state index contributed by atoms with van der Waals surface area (Å²) in [5, 5.41) is 0.0884. The first-order valence-electron chi connectivity index (χ1n) is 9.01.